The van der Waals surface area contributed by atoms with Gasteiger partial charge in [0, 0.05) is 24.5 Å². The molecule has 0 radical (unpaired) electrons. The molecule has 1 saturated heterocycles. The first-order valence-corrected chi connectivity index (χ1v) is 13.1. The second-order valence-corrected chi connectivity index (χ2v) is 9.94. The van der Waals surface area contributed by atoms with E-state index in [9.17, 15) is 14.7 Å². The molecule has 7 heteroatoms. The molecule has 1 N–H and O–H groups in total. The Balaban J connectivity index is 1.98. The average Bonchev–Trinajstić information content (AvgIpc) is 3.16. The van der Waals surface area contributed by atoms with Gasteiger partial charge in [-0.15, -0.1) is 0 Å². The van der Waals surface area contributed by atoms with Crippen molar-refractivity contribution in [1.29, 1.82) is 0 Å². The first kappa shape index (κ1) is 27.3. The Labute approximate surface area is 229 Å². The number of hydrogen-bond acceptors (Lipinski definition) is 5. The van der Waals surface area contributed by atoms with E-state index >= 15 is 0 Å². The number of aliphatic hydroxyl groups is 1. The number of methoxy groups -OCH3 is 1. The normalized spacial score (nSPS) is 16.7. The molecule has 0 saturated carbocycles. The Morgan fingerprint density at radius 3 is 2.21 bits per heavy atom. The van der Waals surface area contributed by atoms with Crippen LogP contribution in [0.2, 0.25) is 5.02 Å². The molecule has 38 heavy (non-hydrogen) atoms. The summed E-state index contributed by atoms with van der Waals surface area (Å²) in [5.74, 6) is -1.55. The zero-order valence-electron chi connectivity index (χ0n) is 22.6. The van der Waals surface area contributed by atoms with Gasteiger partial charge in [-0.2, -0.15) is 0 Å². The number of aryl methyl sites for hydroxylation is 3. The first-order valence-electron chi connectivity index (χ1n) is 12.7. The molecular formula is C31H33ClN2O4. The minimum atomic E-state index is -0.841. The van der Waals surface area contributed by atoms with Gasteiger partial charge in [0.2, 0.25) is 0 Å². The van der Waals surface area contributed by atoms with E-state index in [1.54, 1.807) is 12.1 Å². The van der Waals surface area contributed by atoms with Crippen molar-refractivity contribution in [3.8, 4) is 5.75 Å². The number of nitrogens with zero attached hydrogens (tertiary/aromatic N) is 2. The molecule has 1 heterocycles. The number of carbonyl (C=O) groups is 2. The van der Waals surface area contributed by atoms with Crippen molar-refractivity contribution in [1.82, 2.24) is 0 Å². The van der Waals surface area contributed by atoms with Crippen molar-refractivity contribution in [2.24, 2.45) is 0 Å². The summed E-state index contributed by atoms with van der Waals surface area (Å²) in [6, 6.07) is 16.0. The Morgan fingerprint density at radius 1 is 0.974 bits per heavy atom. The zero-order valence-corrected chi connectivity index (χ0v) is 23.4. The molecule has 0 spiro atoms. The van der Waals surface area contributed by atoms with Crippen molar-refractivity contribution in [2.45, 2.75) is 40.7 Å². The quantitative estimate of drug-likeness (QED) is 0.207. The second kappa shape index (κ2) is 10.9. The van der Waals surface area contributed by atoms with E-state index in [2.05, 4.69) is 18.7 Å². The Bertz CT molecular complexity index is 1420. The van der Waals surface area contributed by atoms with Crippen molar-refractivity contribution >= 4 is 40.4 Å². The molecule has 1 atom stereocenters. The number of ether oxygens (including phenoxy) is 1. The van der Waals surface area contributed by atoms with Crippen molar-refractivity contribution < 1.29 is 19.4 Å². The summed E-state index contributed by atoms with van der Waals surface area (Å²) in [6.45, 7) is 11.7. The van der Waals surface area contributed by atoms with E-state index in [0.717, 1.165) is 35.5 Å². The lowest BCUT2D eigenvalue weighted by Crippen LogP contribution is -2.29. The smallest absolute Gasteiger partial charge is 0.300 e. The van der Waals surface area contributed by atoms with Gasteiger partial charge in [-0.25, -0.2) is 0 Å². The maximum atomic E-state index is 13.6. The molecular weight excluding hydrogens is 500 g/mol. The Kier molecular flexibility index (Phi) is 7.83. The third-order valence-corrected chi connectivity index (χ3v) is 7.48. The van der Waals surface area contributed by atoms with Gasteiger partial charge in [-0.1, -0.05) is 29.8 Å². The molecule has 0 aliphatic carbocycles. The van der Waals surface area contributed by atoms with Crippen molar-refractivity contribution in [3.05, 3.63) is 93.0 Å². The van der Waals surface area contributed by atoms with Gasteiger partial charge in [0.15, 0.2) is 0 Å². The molecule has 0 bridgehead atoms. The number of Topliss-reactive ketones (excluding diaryl/α,β-unsaturated/α-hetero) is 1. The van der Waals surface area contributed by atoms with Crippen LogP contribution >= 0.6 is 11.6 Å². The number of aliphatic hydroxyl groups excluding tert-OH is 1. The summed E-state index contributed by atoms with van der Waals surface area (Å²) in [6.07, 6.45) is 0. The number of halogens is 1. The molecule has 1 unspecified atom stereocenters. The Hall–Kier alpha value is -3.77. The fraction of sp³-hybridized carbons (Fsp3) is 0.290. The minimum absolute atomic E-state index is 0.0104. The number of amides is 1. The van der Waals surface area contributed by atoms with E-state index < -0.39 is 17.7 Å². The van der Waals surface area contributed by atoms with E-state index in [-0.39, 0.29) is 22.6 Å². The SMILES string of the molecule is CCN(CC)c1ccc(C2/C(=C(\O)c3cc(C)cc(Cl)c3OC)C(=O)C(=O)N2c2ccc(C)c(C)c2)cc1. The van der Waals surface area contributed by atoms with E-state index in [1.807, 2.05) is 63.2 Å². The topological polar surface area (TPSA) is 70.1 Å². The number of carbonyl (C=O) groups excluding carboxylic acids is 2. The summed E-state index contributed by atoms with van der Waals surface area (Å²) in [5.41, 5.74) is 5.43. The summed E-state index contributed by atoms with van der Waals surface area (Å²) in [5, 5.41) is 11.9. The molecule has 1 aliphatic rings. The third kappa shape index (κ3) is 4.76. The number of anilines is 2. The van der Waals surface area contributed by atoms with Gasteiger partial charge in [-0.3, -0.25) is 14.5 Å². The van der Waals surface area contributed by atoms with Crippen LogP contribution in [-0.4, -0.2) is 37.0 Å². The largest absolute Gasteiger partial charge is 0.507 e. The molecule has 3 aromatic rings. The van der Waals surface area contributed by atoms with Crippen LogP contribution in [0.1, 0.15) is 47.7 Å². The highest BCUT2D eigenvalue weighted by molar-refractivity contribution is 6.51. The molecule has 1 aliphatic heterocycles. The van der Waals surface area contributed by atoms with Crippen LogP contribution in [0.3, 0.4) is 0 Å². The monoisotopic (exact) mass is 532 g/mol. The van der Waals surface area contributed by atoms with Gasteiger partial charge < -0.3 is 14.7 Å². The first-order chi connectivity index (χ1) is 18.1. The predicted molar refractivity (Wildman–Crippen MR) is 153 cm³/mol. The van der Waals surface area contributed by atoms with Crippen LogP contribution in [0.5, 0.6) is 5.75 Å². The van der Waals surface area contributed by atoms with Crippen LogP contribution in [0.4, 0.5) is 11.4 Å². The van der Waals surface area contributed by atoms with E-state index in [4.69, 9.17) is 16.3 Å². The summed E-state index contributed by atoms with van der Waals surface area (Å²) in [7, 11) is 1.45. The van der Waals surface area contributed by atoms with Crippen LogP contribution in [0.25, 0.3) is 5.76 Å². The van der Waals surface area contributed by atoms with Gasteiger partial charge >= 0.3 is 0 Å². The molecule has 4 rings (SSSR count). The zero-order chi connectivity index (χ0) is 27.7. The number of ketones is 1. The number of hydrogen-bond donors (Lipinski definition) is 1. The lowest BCUT2D eigenvalue weighted by atomic mass is 9.94. The standard InChI is InChI=1S/C31H33ClN2O4/c1-7-33(8-2)22-13-10-21(11-14-22)27-26(28(35)24-15-18(3)16-25(32)30(24)38-6)29(36)31(37)34(27)23-12-9-19(4)20(5)17-23/h9-17,27,35H,7-8H2,1-6H3/b28-26+. The maximum Gasteiger partial charge on any atom is 0.300 e. The number of benzene rings is 3. The lowest BCUT2D eigenvalue weighted by molar-refractivity contribution is -0.132. The fourth-order valence-electron chi connectivity index (χ4n) is 5.00. The minimum Gasteiger partial charge on any atom is -0.507 e. The third-order valence-electron chi connectivity index (χ3n) is 7.20. The van der Waals surface area contributed by atoms with Crippen LogP contribution in [-0.2, 0) is 9.59 Å². The Morgan fingerprint density at radius 2 is 1.63 bits per heavy atom. The van der Waals surface area contributed by atoms with Gasteiger partial charge in [0.25, 0.3) is 11.7 Å². The summed E-state index contributed by atoms with van der Waals surface area (Å²) >= 11 is 6.41. The highest BCUT2D eigenvalue weighted by atomic mass is 35.5. The predicted octanol–water partition coefficient (Wildman–Crippen LogP) is 6.75. The van der Waals surface area contributed by atoms with Crippen LogP contribution in [0.15, 0.2) is 60.2 Å². The molecule has 3 aromatic carbocycles. The van der Waals surface area contributed by atoms with Gasteiger partial charge in [0.05, 0.1) is 29.3 Å². The summed E-state index contributed by atoms with van der Waals surface area (Å²) < 4.78 is 5.48. The average molecular weight is 533 g/mol. The van der Waals surface area contributed by atoms with Crippen LogP contribution < -0.4 is 14.5 Å². The van der Waals surface area contributed by atoms with Crippen LogP contribution in [0, 0.1) is 20.8 Å². The highest BCUT2D eigenvalue weighted by Crippen LogP contribution is 2.45. The fourth-order valence-corrected chi connectivity index (χ4v) is 5.35. The molecule has 0 aromatic heterocycles. The maximum absolute atomic E-state index is 13.6. The van der Waals surface area contributed by atoms with Gasteiger partial charge in [0.1, 0.15) is 11.5 Å². The van der Waals surface area contributed by atoms with Crippen molar-refractivity contribution in [2.75, 3.05) is 30.0 Å². The number of rotatable bonds is 7. The molecule has 1 fully saturated rings. The van der Waals surface area contributed by atoms with Crippen molar-refractivity contribution in [3.63, 3.8) is 0 Å². The second-order valence-electron chi connectivity index (χ2n) is 9.53. The van der Waals surface area contributed by atoms with E-state index in [0.29, 0.717) is 16.3 Å². The van der Waals surface area contributed by atoms with E-state index in [1.165, 1.54) is 12.0 Å². The highest BCUT2D eigenvalue weighted by Gasteiger charge is 2.47. The molecule has 198 valence electrons. The molecule has 1 amide bonds. The van der Waals surface area contributed by atoms with Gasteiger partial charge in [-0.05, 0) is 93.3 Å². The molecule has 6 nitrogen and oxygen atoms in total. The lowest BCUT2D eigenvalue weighted by Gasteiger charge is -2.27. The summed E-state index contributed by atoms with van der Waals surface area (Å²) in [4.78, 5) is 30.8.